The Bertz CT molecular complexity index is 154. The Kier molecular flexibility index (Phi) is 6.22. The van der Waals surface area contributed by atoms with Crippen LogP contribution in [0.2, 0.25) is 0 Å². The van der Waals surface area contributed by atoms with Gasteiger partial charge in [-0.2, -0.15) is 0 Å². The van der Waals surface area contributed by atoms with Crippen molar-refractivity contribution in [2.24, 2.45) is 0 Å². The van der Waals surface area contributed by atoms with E-state index in [2.05, 4.69) is 5.32 Å². The SMILES string of the molecule is OCCCCNCC1(O)CCCCCC1. The highest BCUT2D eigenvalue weighted by Crippen LogP contribution is 2.26. The monoisotopic (exact) mass is 215 g/mol. The third kappa shape index (κ3) is 5.50. The van der Waals surface area contributed by atoms with E-state index in [9.17, 15) is 5.11 Å². The smallest absolute Gasteiger partial charge is 0.0771 e. The van der Waals surface area contributed by atoms with E-state index in [1.807, 2.05) is 0 Å². The zero-order valence-electron chi connectivity index (χ0n) is 9.67. The van der Waals surface area contributed by atoms with Gasteiger partial charge in [-0.15, -0.1) is 0 Å². The van der Waals surface area contributed by atoms with Gasteiger partial charge in [0.05, 0.1) is 5.60 Å². The summed E-state index contributed by atoms with van der Waals surface area (Å²) in [6, 6.07) is 0. The summed E-state index contributed by atoms with van der Waals surface area (Å²) in [5, 5.41) is 22.2. The number of rotatable bonds is 6. The normalized spacial score (nSPS) is 21.2. The van der Waals surface area contributed by atoms with Crippen LogP contribution in [0.25, 0.3) is 0 Å². The number of nitrogens with one attached hydrogen (secondary N) is 1. The third-order valence-corrected chi connectivity index (χ3v) is 3.25. The summed E-state index contributed by atoms with van der Waals surface area (Å²) in [7, 11) is 0. The van der Waals surface area contributed by atoms with Gasteiger partial charge < -0.3 is 15.5 Å². The van der Waals surface area contributed by atoms with Gasteiger partial charge in [-0.1, -0.05) is 25.7 Å². The van der Waals surface area contributed by atoms with Crippen molar-refractivity contribution in [1.29, 1.82) is 0 Å². The first-order valence-electron chi connectivity index (χ1n) is 6.31. The van der Waals surface area contributed by atoms with Crippen LogP contribution in [0.1, 0.15) is 51.4 Å². The number of hydrogen-bond acceptors (Lipinski definition) is 3. The van der Waals surface area contributed by atoms with Gasteiger partial charge in [0.2, 0.25) is 0 Å². The van der Waals surface area contributed by atoms with Gasteiger partial charge in [0, 0.05) is 13.2 Å². The van der Waals surface area contributed by atoms with Crippen molar-refractivity contribution >= 4 is 0 Å². The zero-order valence-corrected chi connectivity index (χ0v) is 9.67. The van der Waals surface area contributed by atoms with Crippen LogP contribution < -0.4 is 5.32 Å². The molecule has 0 amide bonds. The first kappa shape index (κ1) is 12.9. The number of unbranched alkanes of at least 4 members (excludes halogenated alkanes) is 1. The van der Waals surface area contributed by atoms with Crippen LogP contribution in [0.4, 0.5) is 0 Å². The highest BCUT2D eigenvalue weighted by atomic mass is 16.3. The standard InChI is InChI=1S/C12H25NO2/c14-10-6-5-9-13-11-12(15)7-3-1-2-4-8-12/h13-15H,1-11H2. The minimum atomic E-state index is -0.463. The first-order chi connectivity index (χ1) is 7.27. The highest BCUT2D eigenvalue weighted by molar-refractivity contribution is 4.82. The van der Waals surface area contributed by atoms with Crippen LogP contribution in [-0.4, -0.2) is 35.5 Å². The Labute approximate surface area is 92.9 Å². The second kappa shape index (κ2) is 7.20. The molecule has 1 aliphatic carbocycles. The molecular formula is C12H25NO2. The molecule has 0 heterocycles. The van der Waals surface area contributed by atoms with Crippen LogP contribution in [0.3, 0.4) is 0 Å². The van der Waals surface area contributed by atoms with E-state index in [-0.39, 0.29) is 6.61 Å². The Morgan fingerprint density at radius 3 is 2.27 bits per heavy atom. The molecule has 1 fully saturated rings. The molecule has 3 heteroatoms. The maximum atomic E-state index is 10.3. The Hall–Kier alpha value is -0.120. The molecule has 1 aliphatic rings. The molecule has 15 heavy (non-hydrogen) atoms. The molecule has 0 spiro atoms. The molecule has 90 valence electrons. The largest absolute Gasteiger partial charge is 0.396 e. The summed E-state index contributed by atoms with van der Waals surface area (Å²) in [6.45, 7) is 1.90. The molecule has 3 N–H and O–H groups in total. The van der Waals surface area contributed by atoms with Gasteiger partial charge in [-0.3, -0.25) is 0 Å². The molecule has 0 unspecified atom stereocenters. The lowest BCUT2D eigenvalue weighted by atomic mass is 9.94. The zero-order chi connectivity index (χ0) is 11.0. The summed E-state index contributed by atoms with van der Waals surface area (Å²) in [6.07, 6.45) is 8.60. The van der Waals surface area contributed by atoms with E-state index < -0.39 is 5.60 Å². The predicted octanol–water partition coefficient (Wildman–Crippen LogP) is 1.43. The average molecular weight is 215 g/mol. The minimum Gasteiger partial charge on any atom is -0.396 e. The summed E-state index contributed by atoms with van der Waals surface area (Å²) in [5.74, 6) is 0. The Morgan fingerprint density at radius 2 is 1.67 bits per heavy atom. The van der Waals surface area contributed by atoms with Crippen molar-refractivity contribution in [2.75, 3.05) is 19.7 Å². The predicted molar refractivity (Wildman–Crippen MR) is 61.8 cm³/mol. The van der Waals surface area contributed by atoms with Crippen LogP contribution in [0.5, 0.6) is 0 Å². The highest BCUT2D eigenvalue weighted by Gasteiger charge is 2.26. The molecule has 0 aromatic carbocycles. The molecule has 0 radical (unpaired) electrons. The van der Waals surface area contributed by atoms with Gasteiger partial charge in [0.1, 0.15) is 0 Å². The summed E-state index contributed by atoms with van der Waals surface area (Å²) >= 11 is 0. The van der Waals surface area contributed by atoms with Crippen molar-refractivity contribution < 1.29 is 10.2 Å². The summed E-state index contributed by atoms with van der Waals surface area (Å²) in [4.78, 5) is 0. The lowest BCUT2D eigenvalue weighted by Crippen LogP contribution is -2.40. The second-order valence-electron chi connectivity index (χ2n) is 4.75. The van der Waals surface area contributed by atoms with Crippen LogP contribution in [-0.2, 0) is 0 Å². The number of aliphatic hydroxyl groups excluding tert-OH is 1. The van der Waals surface area contributed by atoms with Crippen LogP contribution in [0.15, 0.2) is 0 Å². The van der Waals surface area contributed by atoms with E-state index >= 15 is 0 Å². The van der Waals surface area contributed by atoms with Crippen molar-refractivity contribution in [3.8, 4) is 0 Å². The molecule has 0 aromatic heterocycles. The minimum absolute atomic E-state index is 0.270. The molecule has 1 saturated carbocycles. The fraction of sp³-hybridized carbons (Fsp3) is 1.00. The molecule has 0 aliphatic heterocycles. The molecule has 1 rings (SSSR count). The molecule has 0 bridgehead atoms. The van der Waals surface area contributed by atoms with E-state index in [4.69, 9.17) is 5.11 Å². The maximum Gasteiger partial charge on any atom is 0.0771 e. The van der Waals surface area contributed by atoms with Gasteiger partial charge >= 0.3 is 0 Å². The average Bonchev–Trinajstić information content (AvgIpc) is 2.43. The second-order valence-corrected chi connectivity index (χ2v) is 4.75. The lowest BCUT2D eigenvalue weighted by Gasteiger charge is -2.26. The molecule has 0 saturated heterocycles. The topological polar surface area (TPSA) is 52.5 Å². The number of hydrogen-bond donors (Lipinski definition) is 3. The van der Waals surface area contributed by atoms with E-state index in [1.165, 1.54) is 12.8 Å². The van der Waals surface area contributed by atoms with E-state index in [0.717, 1.165) is 51.6 Å². The summed E-state index contributed by atoms with van der Waals surface area (Å²) in [5.41, 5.74) is -0.463. The van der Waals surface area contributed by atoms with Crippen LogP contribution in [0, 0.1) is 0 Å². The maximum absolute atomic E-state index is 10.3. The molecular weight excluding hydrogens is 190 g/mol. The van der Waals surface area contributed by atoms with Gasteiger partial charge in [0.15, 0.2) is 0 Å². The number of aliphatic hydroxyl groups is 2. The van der Waals surface area contributed by atoms with Crippen molar-refractivity contribution in [3.05, 3.63) is 0 Å². The van der Waals surface area contributed by atoms with Crippen molar-refractivity contribution in [3.63, 3.8) is 0 Å². The van der Waals surface area contributed by atoms with Crippen molar-refractivity contribution in [1.82, 2.24) is 5.32 Å². The molecule has 0 aromatic rings. The third-order valence-electron chi connectivity index (χ3n) is 3.25. The van der Waals surface area contributed by atoms with Gasteiger partial charge in [0.25, 0.3) is 0 Å². The molecule has 0 atom stereocenters. The van der Waals surface area contributed by atoms with Crippen LogP contribution >= 0.6 is 0 Å². The Balaban J connectivity index is 2.11. The quantitative estimate of drug-likeness (QED) is 0.464. The first-order valence-corrected chi connectivity index (χ1v) is 6.31. The van der Waals surface area contributed by atoms with Gasteiger partial charge in [-0.05, 0) is 32.2 Å². The fourth-order valence-corrected chi connectivity index (χ4v) is 2.25. The Morgan fingerprint density at radius 1 is 1.00 bits per heavy atom. The van der Waals surface area contributed by atoms with Crippen molar-refractivity contribution in [2.45, 2.75) is 57.0 Å². The molecule has 3 nitrogen and oxygen atoms in total. The van der Waals surface area contributed by atoms with E-state index in [1.54, 1.807) is 0 Å². The van der Waals surface area contributed by atoms with E-state index in [0.29, 0.717) is 0 Å². The summed E-state index contributed by atoms with van der Waals surface area (Å²) < 4.78 is 0. The fourth-order valence-electron chi connectivity index (χ4n) is 2.25. The van der Waals surface area contributed by atoms with Gasteiger partial charge in [-0.25, -0.2) is 0 Å². The lowest BCUT2D eigenvalue weighted by molar-refractivity contribution is 0.0254.